The van der Waals surface area contributed by atoms with Crippen molar-refractivity contribution in [3.63, 3.8) is 0 Å². The van der Waals surface area contributed by atoms with Crippen molar-refractivity contribution in [2.24, 2.45) is 11.1 Å². The van der Waals surface area contributed by atoms with Gasteiger partial charge in [0.15, 0.2) is 0 Å². The number of rotatable bonds is 4. The van der Waals surface area contributed by atoms with Crippen LogP contribution >= 0.6 is 11.3 Å². The fraction of sp³-hybridized carbons (Fsp3) is 0.571. The molecule has 1 aliphatic heterocycles. The maximum absolute atomic E-state index is 13.3. The van der Waals surface area contributed by atoms with Crippen molar-refractivity contribution in [3.8, 4) is 0 Å². The molecule has 0 radical (unpaired) electrons. The molecule has 1 aromatic rings. The van der Waals surface area contributed by atoms with E-state index < -0.39 is 17.4 Å². The number of nitrogen functional groups attached to an aromatic ring is 1. The lowest BCUT2D eigenvalue weighted by Crippen LogP contribution is -2.41. The largest absolute Gasteiger partial charge is 0.384 e. The Hall–Kier alpha value is -1.54. The summed E-state index contributed by atoms with van der Waals surface area (Å²) >= 11 is 1.41. The number of amidine groups is 1. The molecule has 1 saturated carbocycles. The van der Waals surface area contributed by atoms with E-state index in [1.165, 1.54) is 11.3 Å². The zero-order valence-corrected chi connectivity index (χ0v) is 12.9. The molecule has 8 heteroatoms. The van der Waals surface area contributed by atoms with Crippen LogP contribution in [-0.4, -0.2) is 30.3 Å². The molecule has 5 N–H and O–H groups in total. The fourth-order valence-corrected chi connectivity index (χ4v) is 3.86. The molecule has 0 bridgehead atoms. The summed E-state index contributed by atoms with van der Waals surface area (Å²) in [7, 11) is 0. The van der Waals surface area contributed by atoms with E-state index in [9.17, 15) is 13.6 Å². The predicted molar refractivity (Wildman–Crippen MR) is 80.3 cm³/mol. The van der Waals surface area contributed by atoms with Gasteiger partial charge in [-0.25, -0.2) is 8.78 Å². The summed E-state index contributed by atoms with van der Waals surface area (Å²) in [5, 5.41) is 14.9. The lowest BCUT2D eigenvalue weighted by Gasteiger charge is -2.16. The van der Waals surface area contributed by atoms with E-state index in [4.69, 9.17) is 11.1 Å². The van der Waals surface area contributed by atoms with Crippen LogP contribution < -0.4 is 16.4 Å². The Bertz CT molecular complexity index is 632. The molecule has 22 heavy (non-hydrogen) atoms. The number of carbonyl (C=O) groups is 1. The van der Waals surface area contributed by atoms with Crippen molar-refractivity contribution in [2.75, 3.05) is 6.54 Å². The highest BCUT2D eigenvalue weighted by molar-refractivity contribution is 7.10. The number of amides is 1. The monoisotopic (exact) mass is 328 g/mol. The molecule has 1 aromatic heterocycles. The van der Waals surface area contributed by atoms with Crippen LogP contribution in [0, 0.1) is 10.8 Å². The van der Waals surface area contributed by atoms with Gasteiger partial charge in [-0.2, -0.15) is 0 Å². The van der Waals surface area contributed by atoms with Crippen molar-refractivity contribution in [1.82, 2.24) is 10.6 Å². The van der Waals surface area contributed by atoms with Gasteiger partial charge in [0, 0.05) is 28.8 Å². The zero-order valence-electron chi connectivity index (χ0n) is 12.1. The Morgan fingerprint density at radius 3 is 2.82 bits per heavy atom. The molecule has 2 fully saturated rings. The number of alkyl halides is 2. The normalized spacial score (nSPS) is 30.2. The number of hydrogen-bond donors (Lipinski definition) is 4. The Morgan fingerprint density at radius 2 is 2.32 bits per heavy atom. The summed E-state index contributed by atoms with van der Waals surface area (Å²) in [4.78, 5) is 13.1. The minimum absolute atomic E-state index is 0.0172. The van der Waals surface area contributed by atoms with E-state index in [0.29, 0.717) is 5.56 Å². The molecule has 1 aliphatic carbocycles. The van der Waals surface area contributed by atoms with Gasteiger partial charge in [-0.15, -0.1) is 11.3 Å². The lowest BCUT2D eigenvalue weighted by molar-refractivity contribution is -0.123. The third-order valence-corrected chi connectivity index (χ3v) is 5.64. The first-order valence-corrected chi connectivity index (χ1v) is 7.96. The molecule has 1 saturated heterocycles. The zero-order chi connectivity index (χ0) is 16.1. The van der Waals surface area contributed by atoms with E-state index >= 15 is 0 Å². The van der Waals surface area contributed by atoms with Crippen LogP contribution in [0.3, 0.4) is 0 Å². The van der Waals surface area contributed by atoms with Gasteiger partial charge in [0.05, 0.1) is 17.5 Å². The van der Waals surface area contributed by atoms with E-state index in [1.54, 1.807) is 11.4 Å². The molecule has 1 spiro atoms. The van der Waals surface area contributed by atoms with Gasteiger partial charge >= 0.3 is 0 Å². The smallest absolute Gasteiger partial charge is 0.255 e. The number of hydrogen-bond acceptors (Lipinski definition) is 4. The molecule has 120 valence electrons. The van der Waals surface area contributed by atoms with Crippen molar-refractivity contribution in [1.29, 1.82) is 5.41 Å². The highest BCUT2D eigenvalue weighted by Gasteiger charge is 2.73. The van der Waals surface area contributed by atoms with Crippen LogP contribution in [0.2, 0.25) is 0 Å². The van der Waals surface area contributed by atoms with Crippen LogP contribution in [-0.2, 0) is 4.79 Å². The van der Waals surface area contributed by atoms with Crippen molar-refractivity contribution in [3.05, 3.63) is 21.9 Å². The third-order valence-electron chi connectivity index (χ3n) is 4.53. The molecule has 3 rings (SSSR count). The highest BCUT2D eigenvalue weighted by Crippen LogP contribution is 2.64. The van der Waals surface area contributed by atoms with E-state index in [-0.39, 0.29) is 37.2 Å². The summed E-state index contributed by atoms with van der Waals surface area (Å²) < 4.78 is 26.7. The number of nitrogens with one attached hydrogen (secondary N) is 3. The Morgan fingerprint density at radius 1 is 1.64 bits per heavy atom. The van der Waals surface area contributed by atoms with Gasteiger partial charge in [-0.05, 0) is 19.4 Å². The van der Waals surface area contributed by atoms with Crippen LogP contribution in [0.1, 0.15) is 36.2 Å². The van der Waals surface area contributed by atoms with E-state index in [2.05, 4.69) is 10.6 Å². The maximum atomic E-state index is 13.3. The van der Waals surface area contributed by atoms with E-state index in [1.807, 2.05) is 6.92 Å². The average molecular weight is 328 g/mol. The van der Waals surface area contributed by atoms with Gasteiger partial charge in [0.25, 0.3) is 5.92 Å². The van der Waals surface area contributed by atoms with Gasteiger partial charge < -0.3 is 16.4 Å². The standard InChI is InChI=1S/C14H18F2N4OS/c1-7(10-2-8(4-22-10)11(17)18)20-12(21)9-3-13(6-19-9)5-14(13,15)16/h2,4,7,9,19H,3,5-6H2,1H3,(H3,17,18)(H,20,21)/t7?,9-,13-/m0/s1. The molecule has 2 heterocycles. The van der Waals surface area contributed by atoms with Gasteiger partial charge in [-0.3, -0.25) is 10.2 Å². The number of nitrogens with two attached hydrogens (primary N) is 1. The second kappa shape index (κ2) is 4.99. The first-order chi connectivity index (χ1) is 10.2. The highest BCUT2D eigenvalue weighted by atomic mass is 32.1. The Labute approximate surface area is 130 Å². The summed E-state index contributed by atoms with van der Waals surface area (Å²) in [6.07, 6.45) is 0.0565. The second-order valence-electron chi connectivity index (χ2n) is 6.18. The molecular formula is C14H18F2N4OS. The van der Waals surface area contributed by atoms with Crippen molar-refractivity contribution < 1.29 is 13.6 Å². The Kier molecular flexibility index (Phi) is 3.48. The molecule has 2 aliphatic rings. The molecule has 1 unspecified atom stereocenters. The van der Waals surface area contributed by atoms with Gasteiger partial charge in [0.1, 0.15) is 5.84 Å². The maximum Gasteiger partial charge on any atom is 0.255 e. The number of halogens is 2. The topological polar surface area (TPSA) is 91.0 Å². The van der Waals surface area contributed by atoms with Crippen molar-refractivity contribution >= 4 is 23.1 Å². The van der Waals surface area contributed by atoms with Crippen molar-refractivity contribution in [2.45, 2.75) is 37.8 Å². The van der Waals surface area contributed by atoms with Crippen LogP contribution in [0.4, 0.5) is 8.78 Å². The first-order valence-electron chi connectivity index (χ1n) is 7.08. The number of carbonyl (C=O) groups excluding carboxylic acids is 1. The second-order valence-corrected chi connectivity index (χ2v) is 7.12. The quantitative estimate of drug-likeness (QED) is 0.500. The summed E-state index contributed by atoms with van der Waals surface area (Å²) in [6.45, 7) is 2.02. The minimum Gasteiger partial charge on any atom is -0.384 e. The molecule has 0 aromatic carbocycles. The summed E-state index contributed by atoms with van der Waals surface area (Å²) in [5.41, 5.74) is 5.02. The first kappa shape index (κ1) is 15.4. The molecule has 3 atom stereocenters. The molecule has 5 nitrogen and oxygen atoms in total. The number of thiophene rings is 1. The van der Waals surface area contributed by atoms with Gasteiger partial charge in [0.2, 0.25) is 5.91 Å². The molecular weight excluding hydrogens is 310 g/mol. The average Bonchev–Trinajstić information content (AvgIpc) is 2.86. The van der Waals surface area contributed by atoms with Crippen LogP contribution in [0.5, 0.6) is 0 Å². The van der Waals surface area contributed by atoms with E-state index in [0.717, 1.165) is 4.88 Å². The lowest BCUT2D eigenvalue weighted by atomic mass is 10.0. The van der Waals surface area contributed by atoms with Crippen LogP contribution in [0.15, 0.2) is 11.4 Å². The third kappa shape index (κ3) is 2.50. The SMILES string of the molecule is CC(NC(=O)[C@@H]1C[C@@]2(CN1)CC2(F)F)c1cc(C(=N)N)cs1. The predicted octanol–water partition coefficient (Wildman–Crippen LogP) is 1.60. The minimum atomic E-state index is -2.63. The van der Waals surface area contributed by atoms with Crippen LogP contribution in [0.25, 0.3) is 0 Å². The fourth-order valence-electron chi connectivity index (χ4n) is 2.94. The van der Waals surface area contributed by atoms with Gasteiger partial charge in [-0.1, -0.05) is 0 Å². The molecule has 1 amide bonds. The Balaban J connectivity index is 1.59. The summed E-state index contributed by atoms with van der Waals surface area (Å²) in [5.74, 6) is -2.91. The summed E-state index contributed by atoms with van der Waals surface area (Å²) in [6, 6.07) is 0.947.